The van der Waals surface area contributed by atoms with E-state index in [-0.39, 0.29) is 5.78 Å². The van der Waals surface area contributed by atoms with Gasteiger partial charge in [-0.2, -0.15) is 22.7 Å². The molecule has 0 radical (unpaired) electrons. The summed E-state index contributed by atoms with van der Waals surface area (Å²) in [5, 5.41) is 3.64. The van der Waals surface area contributed by atoms with Gasteiger partial charge in [0.1, 0.15) is 5.82 Å². The third kappa shape index (κ3) is 3.96. The van der Waals surface area contributed by atoms with E-state index < -0.39 is 12.0 Å². The molecule has 0 unspecified atom stereocenters. The lowest BCUT2D eigenvalue weighted by Gasteiger charge is -2.24. The minimum Gasteiger partial charge on any atom is -0.378 e. The minimum atomic E-state index is -4.61. The fourth-order valence-electron chi connectivity index (χ4n) is 2.79. The summed E-state index contributed by atoms with van der Waals surface area (Å²) in [4.78, 5) is 11.6. The van der Waals surface area contributed by atoms with Gasteiger partial charge in [0.25, 0.3) is 11.6 Å². The summed E-state index contributed by atoms with van der Waals surface area (Å²) >= 11 is 0. The van der Waals surface area contributed by atoms with Crippen LogP contribution in [0.25, 0.3) is 5.78 Å². The van der Waals surface area contributed by atoms with Crippen molar-refractivity contribution in [2.75, 3.05) is 30.4 Å². The van der Waals surface area contributed by atoms with Crippen LogP contribution in [0.4, 0.5) is 24.7 Å². The average molecular weight is 378 g/mol. The molecule has 0 aliphatic rings. The van der Waals surface area contributed by atoms with Crippen LogP contribution in [0.15, 0.2) is 30.3 Å². The highest BCUT2D eigenvalue weighted by Crippen LogP contribution is 2.28. The van der Waals surface area contributed by atoms with Gasteiger partial charge in [0.2, 0.25) is 0 Å². The van der Waals surface area contributed by atoms with Crippen LogP contribution in [0, 0.1) is 6.92 Å². The van der Waals surface area contributed by atoms with E-state index in [0.29, 0.717) is 24.6 Å². The summed E-state index contributed by atoms with van der Waals surface area (Å²) in [5.41, 5.74) is 2.70. The number of halogens is 3. The summed E-state index contributed by atoms with van der Waals surface area (Å²) in [6.07, 6.45) is -4.61. The molecule has 3 aromatic rings. The molecule has 0 aliphatic heterocycles. The van der Waals surface area contributed by atoms with Gasteiger partial charge >= 0.3 is 6.18 Å². The predicted molar refractivity (Wildman–Crippen MR) is 98.0 cm³/mol. The van der Waals surface area contributed by atoms with E-state index in [1.807, 2.05) is 55.1 Å². The lowest BCUT2D eigenvalue weighted by atomic mass is 10.2. The Bertz CT molecular complexity index is 931. The zero-order valence-electron chi connectivity index (χ0n) is 15.6. The highest BCUT2D eigenvalue weighted by Gasteiger charge is 2.37. The first-order chi connectivity index (χ1) is 12.7. The number of rotatable bonds is 5. The van der Waals surface area contributed by atoms with Crippen LogP contribution < -0.4 is 9.80 Å². The molecule has 144 valence electrons. The Morgan fingerprint density at radius 2 is 1.74 bits per heavy atom. The topological polar surface area (TPSA) is 49.6 Å². The van der Waals surface area contributed by atoms with Crippen molar-refractivity contribution >= 4 is 17.3 Å². The summed E-state index contributed by atoms with van der Waals surface area (Å²) in [6, 6.07) is 9.75. The molecule has 0 spiro atoms. The first-order valence-corrected chi connectivity index (χ1v) is 8.52. The van der Waals surface area contributed by atoms with Gasteiger partial charge in [0, 0.05) is 44.6 Å². The van der Waals surface area contributed by atoms with Crippen LogP contribution in [0.3, 0.4) is 0 Å². The smallest absolute Gasteiger partial charge is 0.378 e. The fourth-order valence-corrected chi connectivity index (χ4v) is 2.79. The second-order valence-corrected chi connectivity index (χ2v) is 6.48. The highest BCUT2D eigenvalue weighted by molar-refractivity contribution is 5.50. The lowest BCUT2D eigenvalue weighted by Crippen LogP contribution is -2.25. The average Bonchev–Trinajstić information content (AvgIpc) is 3.03. The second kappa shape index (κ2) is 7.05. The summed E-state index contributed by atoms with van der Waals surface area (Å²) < 4.78 is 40.2. The molecule has 0 atom stereocenters. The lowest BCUT2D eigenvalue weighted by molar-refractivity contribution is -0.144. The van der Waals surface area contributed by atoms with Gasteiger partial charge in [0.15, 0.2) is 0 Å². The number of fused-ring (bicyclic) bond motifs is 1. The number of hydrogen-bond acceptors (Lipinski definition) is 5. The van der Waals surface area contributed by atoms with Gasteiger partial charge in [0.05, 0.1) is 0 Å². The van der Waals surface area contributed by atoms with Gasteiger partial charge in [-0.15, -0.1) is 5.10 Å². The molecule has 0 N–H and O–H groups in total. The zero-order chi connectivity index (χ0) is 19.8. The van der Waals surface area contributed by atoms with E-state index in [2.05, 4.69) is 15.1 Å². The Kier molecular flexibility index (Phi) is 4.95. The number of benzene rings is 1. The molecular formula is C18H21F3N6. The first-order valence-electron chi connectivity index (χ1n) is 8.52. The van der Waals surface area contributed by atoms with Gasteiger partial charge in [-0.1, -0.05) is 12.1 Å². The maximum atomic E-state index is 13.0. The van der Waals surface area contributed by atoms with Crippen molar-refractivity contribution in [3.05, 3.63) is 47.4 Å². The minimum absolute atomic E-state index is 0.0567. The molecule has 0 aliphatic carbocycles. The fraction of sp³-hybridized carbons (Fsp3) is 0.389. The van der Waals surface area contributed by atoms with E-state index in [9.17, 15) is 13.2 Å². The number of anilines is 2. The molecule has 1 aromatic carbocycles. The molecule has 0 saturated carbocycles. The van der Waals surface area contributed by atoms with Crippen LogP contribution in [-0.4, -0.2) is 40.2 Å². The molecular weight excluding hydrogens is 357 g/mol. The predicted octanol–water partition coefficient (Wildman–Crippen LogP) is 3.54. The van der Waals surface area contributed by atoms with Crippen molar-refractivity contribution in [2.24, 2.45) is 0 Å². The van der Waals surface area contributed by atoms with Gasteiger partial charge < -0.3 is 9.80 Å². The first kappa shape index (κ1) is 18.9. The van der Waals surface area contributed by atoms with Crippen molar-refractivity contribution < 1.29 is 13.2 Å². The molecule has 0 fully saturated rings. The molecule has 9 heteroatoms. The van der Waals surface area contributed by atoms with Crippen LogP contribution in [0.1, 0.15) is 24.0 Å². The summed E-state index contributed by atoms with van der Waals surface area (Å²) in [5.74, 6) is -0.716. The van der Waals surface area contributed by atoms with E-state index in [0.717, 1.165) is 15.8 Å². The Hall–Kier alpha value is -2.84. The largest absolute Gasteiger partial charge is 0.453 e. The second-order valence-electron chi connectivity index (χ2n) is 6.48. The van der Waals surface area contributed by atoms with Gasteiger partial charge in [-0.05, 0) is 31.5 Å². The van der Waals surface area contributed by atoms with Crippen LogP contribution in [0.2, 0.25) is 0 Å². The van der Waals surface area contributed by atoms with Crippen molar-refractivity contribution in [3.8, 4) is 0 Å². The van der Waals surface area contributed by atoms with E-state index in [1.54, 1.807) is 13.0 Å². The maximum absolute atomic E-state index is 13.0. The van der Waals surface area contributed by atoms with Crippen molar-refractivity contribution in [1.82, 2.24) is 19.6 Å². The van der Waals surface area contributed by atoms with E-state index in [4.69, 9.17) is 0 Å². The number of aromatic nitrogens is 4. The molecule has 0 saturated heterocycles. The molecule has 27 heavy (non-hydrogen) atoms. The van der Waals surface area contributed by atoms with Crippen molar-refractivity contribution in [3.63, 3.8) is 0 Å². The third-order valence-electron chi connectivity index (χ3n) is 4.21. The van der Waals surface area contributed by atoms with Crippen LogP contribution in [0.5, 0.6) is 0 Å². The SMILES string of the molecule is CCN(Cc1ccc(N(C)C)cc1)c1cc(C)nc2nc(C(F)(F)F)nn12. The number of hydrogen-bond donors (Lipinski definition) is 0. The molecule has 6 nitrogen and oxygen atoms in total. The van der Waals surface area contributed by atoms with Gasteiger partial charge in [-0.3, -0.25) is 0 Å². The standard InChI is InChI=1S/C18H21F3N6/c1-5-26(11-13-6-8-14(9-7-13)25(3)4)15-10-12(2)22-17-23-16(18(19,20)21)24-27(15)17/h6-10H,5,11H2,1-4H3. The van der Waals surface area contributed by atoms with E-state index in [1.165, 1.54) is 0 Å². The van der Waals surface area contributed by atoms with Gasteiger partial charge in [-0.25, -0.2) is 4.98 Å². The Morgan fingerprint density at radius 3 is 2.30 bits per heavy atom. The highest BCUT2D eigenvalue weighted by atomic mass is 19.4. The maximum Gasteiger partial charge on any atom is 0.453 e. The number of nitrogens with zero attached hydrogens (tertiary/aromatic N) is 6. The molecule has 0 amide bonds. The van der Waals surface area contributed by atoms with Crippen LogP contribution in [-0.2, 0) is 12.7 Å². The molecule has 0 bridgehead atoms. The van der Waals surface area contributed by atoms with E-state index >= 15 is 0 Å². The normalized spacial score (nSPS) is 11.8. The Morgan fingerprint density at radius 1 is 1.07 bits per heavy atom. The molecule has 2 heterocycles. The number of aryl methyl sites for hydroxylation is 1. The van der Waals surface area contributed by atoms with Crippen molar-refractivity contribution in [2.45, 2.75) is 26.6 Å². The Labute approximate surface area is 155 Å². The van der Waals surface area contributed by atoms with Crippen molar-refractivity contribution in [1.29, 1.82) is 0 Å². The molecule has 2 aromatic heterocycles. The van der Waals surface area contributed by atoms with Crippen LogP contribution >= 0.6 is 0 Å². The zero-order valence-corrected chi connectivity index (χ0v) is 15.6. The monoisotopic (exact) mass is 378 g/mol. The third-order valence-corrected chi connectivity index (χ3v) is 4.21. The summed E-state index contributed by atoms with van der Waals surface area (Å²) in [6.45, 7) is 4.79. The Balaban J connectivity index is 1.99. The quantitative estimate of drug-likeness (QED) is 0.680. The summed E-state index contributed by atoms with van der Waals surface area (Å²) in [7, 11) is 3.93. The number of alkyl halides is 3. The molecule has 3 rings (SSSR count).